The van der Waals surface area contributed by atoms with Crippen LogP contribution in [0.2, 0.25) is 0 Å². The summed E-state index contributed by atoms with van der Waals surface area (Å²) in [7, 11) is -4.47. The van der Waals surface area contributed by atoms with Gasteiger partial charge in [0, 0.05) is 29.4 Å². The quantitative estimate of drug-likeness (QED) is 0.0255. The molecule has 620 valence electrons. The number of nitrogens with zero attached hydrogens (tertiary/aromatic N) is 15. The molecule has 0 saturated carbocycles. The molecule has 5 aliphatic rings. The maximum atomic E-state index is 16.8. The highest BCUT2D eigenvalue weighted by atomic mass is 32.5. The Hall–Kier alpha value is -9.70. The average Bonchev–Trinajstić information content (AvgIpc) is 1.61. The van der Waals surface area contributed by atoms with E-state index in [-0.39, 0.29) is 81.0 Å². The molecule has 51 heteroatoms. The summed E-state index contributed by atoms with van der Waals surface area (Å²) in [6, 6.07) is 18.6. The number of unbranched alkanes of at least 4 members (excludes halogenated alkanes) is 1. The molecule has 5 aliphatic heterocycles. The number of imidazole rings is 4. The summed E-state index contributed by atoms with van der Waals surface area (Å²) in [6.07, 6.45) is -21.6. The summed E-state index contributed by atoms with van der Waals surface area (Å²) in [5.41, 5.74) is -1.30. The van der Waals surface area contributed by atoms with Gasteiger partial charge in [0.15, 0.2) is 106 Å². The zero-order valence-corrected chi connectivity index (χ0v) is 65.5. The monoisotopic (exact) mass is 1730 g/mol. The SMILES string of the molecule is CC(C)C(=O)Nc1nc2c(ncn2[C@@H]2O[C@@H]3COP(=O)(CCCC#N)O[C@H]4[C@H](F)[C@H](n5cnc6c(NC(=O)c7ccccc7)ncnc65)O[C@@H]4COP(O)(=S)O[C@H]2[C@@H]3F)c(=O)[nH]1.CC(C)C(=O)Nc1nc2c(ncn2[C@@H]2O[C@H](CO)[C@@H](F)[C@@H]2OP(O)(=S)OC[C@H]2O[C@@H](n3cnc4c(NC(=O)c5ccccc5)ncnc43)[C@@H](F)[C@@H]2O)c(=O)[nH]1. The van der Waals surface area contributed by atoms with E-state index in [1.54, 1.807) is 88.4 Å². The van der Waals surface area contributed by atoms with Crippen molar-refractivity contribution >= 4 is 136 Å². The standard InChI is InChI=1S/C35H37F2N11O11P2S.C31H33F2N10O10PS/c1-17(2)30(49)45-35-44-29-24(32(51)46-35)42-16-48(29)34-26-21(36)19(56-34)12-54-60(52,11-7-6-10-38)58-25-20(13-55-61(53,62)59-26)57-33(22(25)37)47-15-41-23-27(39-14-40-28(23)47)43-31(50)18-8-4-3-5-9-18;1-13(2)26(46)40-31-39-25-20(28(48)41-31)37-12-43(25)30-22(17(32)15(8-44)51-30)53-54(49,55)50-9-16-21(45)18(33)29(52-16)42-11-36-19-23(34-10-35-24(19)42)38-27(47)14-6-4-3-5-7-14/h3-5,8-9,14-17,19-22,25-26,33-34H,6-7,11-13H2,1-2H3,(H,53,62)(H,39,40,43,50)(H2,44,45,46,49,51);3-7,10-13,15-18,21-22,29-30,44-45H,8-9H2,1-2H3,(H,49,55)(H,34,35,38,47)(H2,39,40,41,46,48)/t19-,20-,21-,22+,25-,26+,33-,34-,60?,61?;15-,16-,17-,18+,21-,22+,29-,30-,54?/m11/s1. The summed E-state index contributed by atoms with van der Waals surface area (Å²) in [5, 5.41) is 40.0. The van der Waals surface area contributed by atoms with Crippen LogP contribution in [0.25, 0.3) is 44.7 Å². The first kappa shape index (κ1) is 83.8. The minimum absolute atomic E-state index is 0.0117. The van der Waals surface area contributed by atoms with Gasteiger partial charge in [-0.05, 0) is 54.3 Å². The molecule has 13 heterocycles. The number of nitriles is 1. The van der Waals surface area contributed by atoms with Gasteiger partial charge in [-0.2, -0.15) is 15.2 Å². The van der Waals surface area contributed by atoms with E-state index in [1.807, 2.05) is 6.07 Å². The van der Waals surface area contributed by atoms with Gasteiger partial charge in [-0.25, -0.2) is 57.4 Å². The fourth-order valence-corrected chi connectivity index (χ4v) is 17.5. The van der Waals surface area contributed by atoms with Crippen molar-refractivity contribution in [3.63, 3.8) is 0 Å². The van der Waals surface area contributed by atoms with E-state index >= 15 is 17.6 Å². The number of amides is 4. The molecule has 117 heavy (non-hydrogen) atoms. The van der Waals surface area contributed by atoms with Crippen LogP contribution in [-0.4, -0.2) is 228 Å². The highest BCUT2D eigenvalue weighted by molar-refractivity contribution is 8.07. The van der Waals surface area contributed by atoms with Crippen molar-refractivity contribution in [1.29, 1.82) is 5.26 Å². The van der Waals surface area contributed by atoms with E-state index in [0.29, 0.717) is 11.1 Å². The second-order valence-corrected chi connectivity index (χ2v) is 35.1. The van der Waals surface area contributed by atoms with Gasteiger partial charge in [0.05, 0.1) is 64.0 Å². The number of carbonyl (C=O) groups excluding carboxylic acids is 4. The number of hydrogen-bond acceptors (Lipinski definition) is 32. The number of alkyl halides is 4. The number of aromatic nitrogens is 16. The molecule has 3 unspecified atom stereocenters. The number of aliphatic hydroxyl groups is 2. The summed E-state index contributed by atoms with van der Waals surface area (Å²) >= 11 is 10.5. The maximum Gasteiger partial charge on any atom is 0.331 e. The Labute approximate surface area is 665 Å². The minimum Gasteiger partial charge on any atom is -0.394 e. The number of rotatable bonds is 21. The molecule has 15 rings (SSSR count). The van der Waals surface area contributed by atoms with E-state index in [1.165, 1.54) is 21.8 Å². The van der Waals surface area contributed by atoms with Crippen LogP contribution in [0.4, 0.5) is 41.1 Å². The van der Waals surface area contributed by atoms with Gasteiger partial charge < -0.3 is 63.2 Å². The third-order valence-corrected chi connectivity index (χ3v) is 23.9. The number of aliphatic hydroxyl groups excluding tert-OH is 2. The molecule has 10 aromatic rings. The number of aromatic amines is 2. The summed E-state index contributed by atoms with van der Waals surface area (Å²) in [4.78, 5) is 145. The van der Waals surface area contributed by atoms with Crippen LogP contribution in [0.5, 0.6) is 0 Å². The lowest BCUT2D eigenvalue weighted by Gasteiger charge is -2.28. The summed E-state index contributed by atoms with van der Waals surface area (Å²) in [5.74, 6) is -3.26. The molecule has 5 saturated heterocycles. The predicted molar refractivity (Wildman–Crippen MR) is 404 cm³/mol. The number of H-pyrrole nitrogens is 2. The van der Waals surface area contributed by atoms with Crippen molar-refractivity contribution in [2.24, 2.45) is 11.8 Å². The lowest BCUT2D eigenvalue weighted by Crippen LogP contribution is -2.34. The third-order valence-electron chi connectivity index (χ3n) is 18.8. The van der Waals surface area contributed by atoms with E-state index in [9.17, 15) is 58.6 Å². The smallest absolute Gasteiger partial charge is 0.331 e. The normalized spacial score (nSPS) is 28.5. The molecular weight excluding hydrogens is 1660 g/mol. The van der Waals surface area contributed by atoms with Gasteiger partial charge >= 0.3 is 21.0 Å². The van der Waals surface area contributed by atoms with Crippen molar-refractivity contribution < 1.29 is 107 Å². The van der Waals surface area contributed by atoms with Crippen LogP contribution in [0, 0.1) is 23.2 Å². The molecule has 10 N–H and O–H groups in total. The number of nitrogens with one attached hydrogen (secondary N) is 6. The molecule has 19 atom stereocenters. The van der Waals surface area contributed by atoms with Gasteiger partial charge in [-0.1, -0.05) is 64.1 Å². The largest absolute Gasteiger partial charge is 0.394 e. The van der Waals surface area contributed by atoms with Crippen LogP contribution in [0.15, 0.2) is 108 Å². The Morgan fingerprint density at radius 1 is 0.632 bits per heavy atom. The predicted octanol–water partition coefficient (Wildman–Crippen LogP) is 5.06. The van der Waals surface area contributed by atoms with Crippen LogP contribution >= 0.6 is 21.0 Å². The molecule has 2 bridgehead atoms. The average molecular weight is 1730 g/mol. The summed E-state index contributed by atoms with van der Waals surface area (Å²) < 4.78 is 141. The first-order chi connectivity index (χ1) is 55.9. The van der Waals surface area contributed by atoms with Crippen molar-refractivity contribution in [3.05, 3.63) is 130 Å². The molecule has 0 aliphatic carbocycles. The molecule has 2 aromatic carbocycles. The molecule has 5 fully saturated rings. The minimum atomic E-state index is -4.52. The lowest BCUT2D eigenvalue weighted by atomic mass is 10.1. The highest BCUT2D eigenvalue weighted by Gasteiger charge is 2.56. The number of hydrogen-bond donors (Lipinski definition) is 10. The van der Waals surface area contributed by atoms with Gasteiger partial charge in [-0.15, -0.1) is 0 Å². The van der Waals surface area contributed by atoms with E-state index in [2.05, 4.69) is 81.1 Å². The molecule has 42 nitrogen and oxygen atoms in total. The van der Waals surface area contributed by atoms with Crippen LogP contribution in [0.3, 0.4) is 0 Å². The number of anilines is 4. The van der Waals surface area contributed by atoms with E-state index in [4.69, 9.17) is 69.7 Å². The topological polar surface area (TPSA) is 545 Å². The van der Waals surface area contributed by atoms with Gasteiger partial charge in [0.1, 0.15) is 61.5 Å². The second kappa shape index (κ2) is 34.7. The lowest BCUT2D eigenvalue weighted by molar-refractivity contribution is -0.119. The number of carbonyl (C=O) groups is 4. The second-order valence-electron chi connectivity index (χ2n) is 27.3. The molecule has 0 spiro atoms. The molecule has 4 amide bonds. The zero-order chi connectivity index (χ0) is 83.1. The van der Waals surface area contributed by atoms with Crippen molar-refractivity contribution in [3.8, 4) is 6.07 Å². The fraction of sp³-hybridized carbons (Fsp3) is 0.439. The molecular formula is C66H70F4N21O21P3S2. The Morgan fingerprint density at radius 3 is 1.64 bits per heavy atom. The Kier molecular flexibility index (Phi) is 24.8. The number of benzene rings is 2. The van der Waals surface area contributed by atoms with Gasteiger partial charge in [-0.3, -0.25) is 85.8 Å². The first-order valence-electron chi connectivity index (χ1n) is 35.6. The van der Waals surface area contributed by atoms with Crippen molar-refractivity contribution in [2.45, 2.75) is 139 Å². The molecule has 0 radical (unpaired) electrons. The summed E-state index contributed by atoms with van der Waals surface area (Å²) in [6.45, 7) is -5.58. The Morgan fingerprint density at radius 2 is 1.12 bits per heavy atom. The van der Waals surface area contributed by atoms with E-state index in [0.717, 1.165) is 34.4 Å². The third kappa shape index (κ3) is 17.7. The Bertz CT molecular complexity index is 5720. The van der Waals surface area contributed by atoms with Crippen LogP contribution in [-0.2, 0) is 83.9 Å². The first-order valence-corrected chi connectivity index (χ1v) is 42.5. The van der Waals surface area contributed by atoms with Crippen molar-refractivity contribution in [1.82, 2.24) is 78.1 Å². The Balaban J connectivity index is 0.000000194. The van der Waals surface area contributed by atoms with E-state index < -0.39 is 199 Å². The number of ether oxygens (including phenoxy) is 4. The van der Waals surface area contributed by atoms with Gasteiger partial charge in [0.2, 0.25) is 23.7 Å². The van der Waals surface area contributed by atoms with Crippen molar-refractivity contribution in [2.75, 3.05) is 53.9 Å². The number of fused-ring (bicyclic) bond motifs is 7. The van der Waals surface area contributed by atoms with Crippen LogP contribution in [0.1, 0.15) is 86.2 Å². The van der Waals surface area contributed by atoms with Gasteiger partial charge in [0.25, 0.3) is 22.9 Å². The molecule has 8 aromatic heterocycles. The fourth-order valence-electron chi connectivity index (χ4n) is 12.8. The maximum absolute atomic E-state index is 16.8. The zero-order valence-electron chi connectivity index (χ0n) is 61.2. The number of halogens is 4. The van der Waals surface area contributed by atoms with Crippen LogP contribution < -0.4 is 32.4 Å². The highest BCUT2D eigenvalue weighted by Crippen LogP contribution is 2.57.